The van der Waals surface area contributed by atoms with Gasteiger partial charge in [-0.1, -0.05) is 18.5 Å². The summed E-state index contributed by atoms with van der Waals surface area (Å²) < 4.78 is 5.75. The van der Waals surface area contributed by atoms with Gasteiger partial charge in [0.15, 0.2) is 0 Å². The van der Waals surface area contributed by atoms with Crippen molar-refractivity contribution >= 4 is 11.6 Å². The van der Waals surface area contributed by atoms with E-state index in [0.29, 0.717) is 23.6 Å². The average Bonchev–Trinajstić information content (AvgIpc) is 2.27. The number of ether oxygens (including phenoxy) is 1. The summed E-state index contributed by atoms with van der Waals surface area (Å²) in [4.78, 5) is 4.45. The average molecular weight is 255 g/mol. The Bertz CT molecular complexity index is 366. The van der Waals surface area contributed by atoms with Crippen molar-refractivity contribution in [3.63, 3.8) is 0 Å². The number of hydrogen-bond acceptors (Lipinski definition) is 3. The van der Waals surface area contributed by atoms with Crippen LogP contribution in [0.4, 0.5) is 0 Å². The maximum Gasteiger partial charge on any atom is 0.213 e. The fraction of sp³-hybridized carbons (Fsp3) is 0.615. The second-order valence-electron chi connectivity index (χ2n) is 4.43. The molecule has 1 fully saturated rings. The van der Waals surface area contributed by atoms with Gasteiger partial charge in [0.2, 0.25) is 5.88 Å². The molecule has 1 saturated carbocycles. The zero-order valence-electron chi connectivity index (χ0n) is 10.2. The molecular formula is C13H19ClN2O. The van der Waals surface area contributed by atoms with Crippen molar-refractivity contribution in [1.82, 2.24) is 10.3 Å². The van der Waals surface area contributed by atoms with Crippen LogP contribution in [0.3, 0.4) is 0 Å². The lowest BCUT2D eigenvalue weighted by Gasteiger charge is -2.25. The fourth-order valence-electron chi connectivity index (χ4n) is 1.70. The molecule has 1 aromatic heterocycles. The molecule has 1 aliphatic carbocycles. The summed E-state index contributed by atoms with van der Waals surface area (Å²) in [5.41, 5.74) is 0.872. The van der Waals surface area contributed by atoms with Crippen molar-refractivity contribution in [2.45, 2.75) is 45.3 Å². The quantitative estimate of drug-likeness (QED) is 0.792. The van der Waals surface area contributed by atoms with Gasteiger partial charge in [-0.05, 0) is 38.3 Å². The molecule has 94 valence electrons. The van der Waals surface area contributed by atoms with Crippen molar-refractivity contribution in [3.05, 3.63) is 22.8 Å². The van der Waals surface area contributed by atoms with Gasteiger partial charge in [-0.25, -0.2) is 4.98 Å². The van der Waals surface area contributed by atoms with E-state index < -0.39 is 0 Å². The molecule has 1 heterocycles. The van der Waals surface area contributed by atoms with Gasteiger partial charge in [-0.15, -0.1) is 0 Å². The first-order chi connectivity index (χ1) is 8.29. The normalized spacial score (nSPS) is 15.6. The molecule has 0 atom stereocenters. The van der Waals surface area contributed by atoms with Crippen molar-refractivity contribution in [1.29, 1.82) is 0 Å². The molecule has 0 unspecified atom stereocenters. The Hall–Kier alpha value is -0.800. The van der Waals surface area contributed by atoms with Gasteiger partial charge >= 0.3 is 0 Å². The van der Waals surface area contributed by atoms with Crippen LogP contribution in [-0.4, -0.2) is 17.6 Å². The predicted molar refractivity (Wildman–Crippen MR) is 69.5 cm³/mol. The molecule has 1 N–H and O–H groups in total. The molecule has 1 aromatic rings. The number of halogens is 1. The Balaban J connectivity index is 1.95. The van der Waals surface area contributed by atoms with Gasteiger partial charge in [0, 0.05) is 12.6 Å². The third-order valence-electron chi connectivity index (χ3n) is 2.95. The van der Waals surface area contributed by atoms with E-state index >= 15 is 0 Å². The molecule has 17 heavy (non-hydrogen) atoms. The number of nitrogens with zero attached hydrogens (tertiary/aromatic N) is 1. The van der Waals surface area contributed by atoms with E-state index in [2.05, 4.69) is 17.2 Å². The number of hydrogen-bond donors (Lipinski definition) is 1. The smallest absolute Gasteiger partial charge is 0.213 e. The lowest BCUT2D eigenvalue weighted by atomic mass is 9.96. The number of pyridine rings is 1. The Morgan fingerprint density at radius 2 is 2.29 bits per heavy atom. The lowest BCUT2D eigenvalue weighted by molar-refractivity contribution is 0.114. The standard InChI is InChI=1S/C13H19ClN2O/c1-2-8-15-9-12-11(14)6-7-13(16-12)17-10-4-3-5-10/h6-7,10,15H,2-5,8-9H2,1H3. The minimum atomic E-state index is 0.361. The van der Waals surface area contributed by atoms with Crippen molar-refractivity contribution in [2.24, 2.45) is 0 Å². The van der Waals surface area contributed by atoms with E-state index in [9.17, 15) is 0 Å². The zero-order chi connectivity index (χ0) is 12.1. The van der Waals surface area contributed by atoms with E-state index in [1.807, 2.05) is 12.1 Å². The molecule has 0 amide bonds. The molecule has 3 nitrogen and oxygen atoms in total. The number of rotatable bonds is 6. The van der Waals surface area contributed by atoms with Crippen LogP contribution in [0.25, 0.3) is 0 Å². The second kappa shape index (κ2) is 6.22. The van der Waals surface area contributed by atoms with Crippen LogP contribution in [0.15, 0.2) is 12.1 Å². The molecule has 1 aliphatic rings. The maximum absolute atomic E-state index is 6.10. The van der Waals surface area contributed by atoms with Gasteiger partial charge in [-0.3, -0.25) is 0 Å². The third-order valence-corrected chi connectivity index (χ3v) is 3.30. The minimum absolute atomic E-state index is 0.361. The van der Waals surface area contributed by atoms with Crippen LogP contribution < -0.4 is 10.1 Å². The highest BCUT2D eigenvalue weighted by Gasteiger charge is 2.19. The van der Waals surface area contributed by atoms with Crippen molar-refractivity contribution < 1.29 is 4.74 Å². The first kappa shape index (κ1) is 12.7. The highest BCUT2D eigenvalue weighted by atomic mass is 35.5. The molecule has 0 aliphatic heterocycles. The maximum atomic E-state index is 6.10. The predicted octanol–water partition coefficient (Wildman–Crippen LogP) is 3.17. The van der Waals surface area contributed by atoms with Gasteiger partial charge in [0.05, 0.1) is 10.7 Å². The highest BCUT2D eigenvalue weighted by molar-refractivity contribution is 6.31. The van der Waals surface area contributed by atoms with Gasteiger partial charge in [-0.2, -0.15) is 0 Å². The summed E-state index contributed by atoms with van der Waals surface area (Å²) in [5, 5.41) is 4.00. The summed E-state index contributed by atoms with van der Waals surface area (Å²) >= 11 is 6.10. The summed E-state index contributed by atoms with van der Waals surface area (Å²) in [6.45, 7) is 3.82. The van der Waals surface area contributed by atoms with Gasteiger partial charge in [0.25, 0.3) is 0 Å². The molecule has 2 rings (SSSR count). The van der Waals surface area contributed by atoms with Crippen molar-refractivity contribution in [3.8, 4) is 5.88 Å². The monoisotopic (exact) mass is 254 g/mol. The van der Waals surface area contributed by atoms with E-state index in [4.69, 9.17) is 16.3 Å². The summed E-state index contributed by atoms with van der Waals surface area (Å²) in [6, 6.07) is 3.72. The van der Waals surface area contributed by atoms with E-state index in [0.717, 1.165) is 31.5 Å². The topological polar surface area (TPSA) is 34.2 Å². The van der Waals surface area contributed by atoms with Crippen LogP contribution in [0.1, 0.15) is 38.3 Å². The Kier molecular flexibility index (Phi) is 4.63. The lowest BCUT2D eigenvalue weighted by Crippen LogP contribution is -2.25. The molecular weight excluding hydrogens is 236 g/mol. The van der Waals surface area contributed by atoms with Crippen LogP contribution in [0.2, 0.25) is 5.02 Å². The second-order valence-corrected chi connectivity index (χ2v) is 4.83. The number of aromatic nitrogens is 1. The fourth-order valence-corrected chi connectivity index (χ4v) is 1.87. The Morgan fingerprint density at radius 1 is 1.47 bits per heavy atom. The minimum Gasteiger partial charge on any atom is -0.474 e. The molecule has 0 saturated heterocycles. The van der Waals surface area contributed by atoms with E-state index in [-0.39, 0.29) is 0 Å². The van der Waals surface area contributed by atoms with Crippen LogP contribution in [0.5, 0.6) is 5.88 Å². The molecule has 0 radical (unpaired) electrons. The van der Waals surface area contributed by atoms with Gasteiger partial charge in [0.1, 0.15) is 6.10 Å². The Morgan fingerprint density at radius 3 is 2.94 bits per heavy atom. The zero-order valence-corrected chi connectivity index (χ0v) is 11.0. The third kappa shape index (κ3) is 3.58. The van der Waals surface area contributed by atoms with E-state index in [1.165, 1.54) is 6.42 Å². The molecule has 0 aromatic carbocycles. The summed E-state index contributed by atoms with van der Waals surface area (Å²) in [5.74, 6) is 0.701. The van der Waals surface area contributed by atoms with Crippen LogP contribution in [0, 0.1) is 0 Å². The highest BCUT2D eigenvalue weighted by Crippen LogP contribution is 2.25. The first-order valence-electron chi connectivity index (χ1n) is 6.32. The SMILES string of the molecule is CCCNCc1nc(OC2CCC2)ccc1Cl. The van der Waals surface area contributed by atoms with Gasteiger partial charge < -0.3 is 10.1 Å². The summed E-state index contributed by atoms with van der Waals surface area (Å²) in [7, 11) is 0. The molecule has 0 spiro atoms. The summed E-state index contributed by atoms with van der Waals surface area (Å²) in [6.07, 6.45) is 5.03. The van der Waals surface area contributed by atoms with Crippen molar-refractivity contribution in [2.75, 3.05) is 6.54 Å². The first-order valence-corrected chi connectivity index (χ1v) is 6.70. The number of nitrogens with one attached hydrogen (secondary N) is 1. The largest absolute Gasteiger partial charge is 0.474 e. The molecule has 0 bridgehead atoms. The Labute approximate surface area is 108 Å². The van der Waals surface area contributed by atoms with E-state index in [1.54, 1.807) is 0 Å². The molecule has 4 heteroatoms. The van der Waals surface area contributed by atoms with Crippen LogP contribution in [-0.2, 0) is 6.54 Å². The van der Waals surface area contributed by atoms with Crippen LogP contribution >= 0.6 is 11.6 Å².